The molecule has 52 valence electrons. The van der Waals surface area contributed by atoms with E-state index in [9.17, 15) is 4.79 Å². The molecule has 0 saturated carbocycles. The molecule has 1 amide bonds. The van der Waals surface area contributed by atoms with Crippen LogP contribution in [0.25, 0.3) is 0 Å². The Morgan fingerprint density at radius 1 is 1.17 bits per heavy atom. The van der Waals surface area contributed by atoms with Crippen LogP contribution in [0.1, 0.15) is 0 Å². The molecule has 3 nitrogen and oxygen atoms in total. The molecule has 0 heterocycles. The van der Waals surface area contributed by atoms with E-state index in [0.29, 0.717) is 5.75 Å². The zero-order valence-electron chi connectivity index (χ0n) is 7.28. The van der Waals surface area contributed by atoms with Crippen molar-refractivity contribution in [1.82, 2.24) is 0 Å². The van der Waals surface area contributed by atoms with Crippen molar-refractivity contribution in [2.45, 2.75) is 0 Å². The average molecular weight is 151 g/mol. The monoisotopic (exact) mass is 151 g/mol. The summed E-state index contributed by atoms with van der Waals surface area (Å²) in [6.45, 7) is 0. The number of hydrogen-bond donors (Lipinski definition) is 1. The van der Waals surface area contributed by atoms with Crippen LogP contribution in [0.3, 0.4) is 0 Å². The molecule has 0 saturated heterocycles. The largest absolute Gasteiger partial charge is 1.00 e. The first-order valence-electron chi connectivity index (χ1n) is 2.81. The standard InChI is InChI=1S/C7H7NO2.2Li/c8-7(9)10-6-4-2-1-3-5-6;;/h1-5H,(H2,8,9);;/q;2*+1. The molecule has 0 spiro atoms. The molecule has 12 heavy (non-hydrogen) atoms. The van der Waals surface area contributed by atoms with Gasteiger partial charge in [-0.25, -0.2) is 4.79 Å². The quantitative estimate of drug-likeness (QED) is 0.409. The topological polar surface area (TPSA) is 52.3 Å². The van der Waals surface area contributed by atoms with Crippen LogP contribution < -0.4 is 48.2 Å². The second-order valence-corrected chi connectivity index (χ2v) is 1.73. The van der Waals surface area contributed by atoms with Crippen LogP contribution in [-0.4, -0.2) is 6.09 Å². The third-order valence-corrected chi connectivity index (χ3v) is 0.962. The molecule has 1 aromatic carbocycles. The number of rotatable bonds is 1. The summed E-state index contributed by atoms with van der Waals surface area (Å²) < 4.78 is 4.55. The van der Waals surface area contributed by atoms with Crippen molar-refractivity contribution in [1.29, 1.82) is 0 Å². The summed E-state index contributed by atoms with van der Waals surface area (Å²) in [5.41, 5.74) is 4.76. The summed E-state index contributed by atoms with van der Waals surface area (Å²) in [6, 6.07) is 8.67. The van der Waals surface area contributed by atoms with Crippen LogP contribution >= 0.6 is 0 Å². The van der Waals surface area contributed by atoms with Crippen molar-refractivity contribution in [3.05, 3.63) is 30.3 Å². The van der Waals surface area contributed by atoms with Gasteiger partial charge in [0.15, 0.2) is 0 Å². The van der Waals surface area contributed by atoms with Gasteiger partial charge in [-0.1, -0.05) is 18.2 Å². The zero-order valence-corrected chi connectivity index (χ0v) is 7.28. The van der Waals surface area contributed by atoms with Crippen molar-refractivity contribution in [2.24, 2.45) is 5.73 Å². The Labute approximate surface area is 95.0 Å². The fourth-order valence-electron chi connectivity index (χ4n) is 0.605. The Hall–Kier alpha value is -0.315. The van der Waals surface area contributed by atoms with E-state index < -0.39 is 6.09 Å². The summed E-state index contributed by atoms with van der Waals surface area (Å²) in [5, 5.41) is 0. The number of ether oxygens (including phenoxy) is 1. The van der Waals surface area contributed by atoms with Crippen molar-refractivity contribution in [3.63, 3.8) is 0 Å². The van der Waals surface area contributed by atoms with Gasteiger partial charge in [0, 0.05) is 0 Å². The Balaban J connectivity index is 0. The Bertz CT molecular complexity index is 228. The molecule has 5 heteroatoms. The number of hydrogen-bond acceptors (Lipinski definition) is 2. The van der Waals surface area contributed by atoms with Gasteiger partial charge in [0.1, 0.15) is 5.75 Å². The maximum Gasteiger partial charge on any atom is 1.00 e. The van der Waals surface area contributed by atoms with Crippen molar-refractivity contribution >= 4 is 6.09 Å². The number of carbonyl (C=O) groups is 1. The molecular formula is C7H7Li2NO2+2. The molecule has 0 aliphatic heterocycles. The molecule has 0 aliphatic rings. The number of primary amides is 1. The maximum atomic E-state index is 10.2. The van der Waals surface area contributed by atoms with Crippen LogP contribution in [0, 0.1) is 0 Å². The van der Waals surface area contributed by atoms with Crippen molar-refractivity contribution < 1.29 is 47.3 Å². The molecule has 0 aliphatic carbocycles. The Morgan fingerprint density at radius 2 is 1.67 bits per heavy atom. The van der Waals surface area contributed by atoms with Gasteiger partial charge < -0.3 is 10.5 Å². The zero-order chi connectivity index (χ0) is 7.40. The van der Waals surface area contributed by atoms with Crippen LogP contribution in [0.4, 0.5) is 4.79 Å². The minimum atomic E-state index is -0.786. The first-order valence-corrected chi connectivity index (χ1v) is 2.81. The van der Waals surface area contributed by atoms with E-state index in [2.05, 4.69) is 4.74 Å². The van der Waals surface area contributed by atoms with E-state index in [4.69, 9.17) is 5.73 Å². The molecule has 0 atom stereocenters. The second-order valence-electron chi connectivity index (χ2n) is 1.73. The van der Waals surface area contributed by atoms with Gasteiger partial charge in [0.05, 0.1) is 0 Å². The fourth-order valence-corrected chi connectivity index (χ4v) is 0.605. The predicted molar refractivity (Wildman–Crippen MR) is 36.7 cm³/mol. The van der Waals surface area contributed by atoms with Gasteiger partial charge in [0.25, 0.3) is 0 Å². The molecule has 0 aromatic heterocycles. The summed E-state index contributed by atoms with van der Waals surface area (Å²) in [6.07, 6.45) is -0.786. The van der Waals surface area contributed by atoms with Crippen LogP contribution in [0.15, 0.2) is 30.3 Å². The Morgan fingerprint density at radius 3 is 2.08 bits per heavy atom. The predicted octanol–water partition coefficient (Wildman–Crippen LogP) is -4.85. The fraction of sp³-hybridized carbons (Fsp3) is 0. The third-order valence-electron chi connectivity index (χ3n) is 0.962. The number of nitrogens with two attached hydrogens (primary N) is 1. The molecule has 1 rings (SSSR count). The molecule has 0 bridgehead atoms. The van der Waals surface area contributed by atoms with Crippen LogP contribution in [0.5, 0.6) is 5.75 Å². The summed E-state index contributed by atoms with van der Waals surface area (Å²) >= 11 is 0. The minimum absolute atomic E-state index is 0. The maximum absolute atomic E-state index is 10.2. The first kappa shape index (κ1) is 14.2. The van der Waals surface area contributed by atoms with E-state index in [1.54, 1.807) is 24.3 Å². The molecule has 0 fully saturated rings. The van der Waals surface area contributed by atoms with E-state index in [1.165, 1.54) is 0 Å². The summed E-state index contributed by atoms with van der Waals surface area (Å²) in [5.74, 6) is 0.468. The van der Waals surface area contributed by atoms with Gasteiger partial charge in [-0.3, -0.25) is 0 Å². The van der Waals surface area contributed by atoms with E-state index in [1.807, 2.05) is 6.07 Å². The van der Waals surface area contributed by atoms with E-state index >= 15 is 0 Å². The molecule has 0 radical (unpaired) electrons. The normalized spacial score (nSPS) is 7.33. The van der Waals surface area contributed by atoms with E-state index in [-0.39, 0.29) is 37.7 Å². The summed E-state index contributed by atoms with van der Waals surface area (Å²) in [4.78, 5) is 10.2. The van der Waals surface area contributed by atoms with Crippen LogP contribution in [0.2, 0.25) is 0 Å². The van der Waals surface area contributed by atoms with Gasteiger partial charge in [0.2, 0.25) is 0 Å². The van der Waals surface area contributed by atoms with E-state index in [0.717, 1.165) is 0 Å². The molecule has 0 unspecified atom stereocenters. The van der Waals surface area contributed by atoms with Crippen molar-refractivity contribution in [3.8, 4) is 5.75 Å². The number of carbonyl (C=O) groups excluding carboxylic acids is 1. The van der Waals surface area contributed by atoms with Crippen molar-refractivity contribution in [2.75, 3.05) is 0 Å². The second kappa shape index (κ2) is 7.34. The van der Waals surface area contributed by atoms with Gasteiger partial charge in [-0.2, -0.15) is 0 Å². The van der Waals surface area contributed by atoms with Crippen LogP contribution in [-0.2, 0) is 0 Å². The smallest absolute Gasteiger partial charge is 0.411 e. The number of benzene rings is 1. The molecule has 1 aromatic rings. The SMILES string of the molecule is NC(=O)Oc1ccccc1.[Li+].[Li+]. The number of amides is 1. The van der Waals surface area contributed by atoms with Gasteiger partial charge in [-0.05, 0) is 12.1 Å². The number of para-hydroxylation sites is 1. The minimum Gasteiger partial charge on any atom is -0.411 e. The molecule has 2 N–H and O–H groups in total. The van der Waals surface area contributed by atoms with Gasteiger partial charge >= 0.3 is 43.8 Å². The average Bonchev–Trinajstić information content (AvgIpc) is 1.88. The third kappa shape index (κ3) is 5.35. The summed E-state index contributed by atoms with van der Waals surface area (Å²) in [7, 11) is 0. The molecular weight excluding hydrogens is 144 g/mol. The first-order chi connectivity index (χ1) is 4.79. The Kier molecular flexibility index (Phi) is 8.70. The van der Waals surface area contributed by atoms with Gasteiger partial charge in [-0.15, -0.1) is 0 Å².